The Labute approximate surface area is 94.3 Å². The van der Waals surface area contributed by atoms with Crippen molar-refractivity contribution in [1.29, 1.82) is 5.26 Å². The molecule has 0 amide bonds. The fourth-order valence-corrected chi connectivity index (χ4v) is 2.10. The molecule has 1 fully saturated rings. The van der Waals surface area contributed by atoms with E-state index in [1.807, 2.05) is 6.07 Å². The van der Waals surface area contributed by atoms with Crippen LogP contribution >= 0.6 is 0 Å². The van der Waals surface area contributed by atoms with Crippen molar-refractivity contribution < 1.29 is 18.7 Å². The fourth-order valence-electron chi connectivity index (χ4n) is 2.10. The van der Waals surface area contributed by atoms with E-state index in [1.165, 1.54) is 6.92 Å². The Kier molecular flexibility index (Phi) is 3.87. The van der Waals surface area contributed by atoms with Crippen molar-refractivity contribution in [3.63, 3.8) is 0 Å². The van der Waals surface area contributed by atoms with Crippen LogP contribution < -0.4 is 0 Å². The third kappa shape index (κ3) is 2.03. The van der Waals surface area contributed by atoms with Crippen LogP contribution in [0.2, 0.25) is 0 Å². The van der Waals surface area contributed by atoms with Crippen LogP contribution in [0.1, 0.15) is 27.2 Å². The van der Waals surface area contributed by atoms with Crippen LogP contribution in [0.15, 0.2) is 0 Å². The van der Waals surface area contributed by atoms with Crippen LogP contribution in [0.25, 0.3) is 0 Å². The van der Waals surface area contributed by atoms with Crippen molar-refractivity contribution in [1.82, 2.24) is 0 Å². The highest BCUT2D eigenvalue weighted by atomic mass is 19.1. The van der Waals surface area contributed by atoms with Crippen LogP contribution in [0, 0.1) is 17.2 Å². The molecule has 0 N–H and O–H groups in total. The third-order valence-corrected chi connectivity index (χ3v) is 3.24. The van der Waals surface area contributed by atoms with Crippen molar-refractivity contribution in [2.75, 3.05) is 6.67 Å². The van der Waals surface area contributed by atoms with Gasteiger partial charge in [-0.25, -0.2) is 4.39 Å². The number of halogens is 1. The summed E-state index contributed by atoms with van der Waals surface area (Å²) in [5.74, 6) is -0.803. The lowest BCUT2D eigenvalue weighted by atomic mass is 9.85. The molecule has 0 aromatic heterocycles. The number of hydrogen-bond donors (Lipinski definition) is 0. The second-order valence-electron chi connectivity index (χ2n) is 4.08. The Balaban J connectivity index is 2.93. The van der Waals surface area contributed by atoms with E-state index in [9.17, 15) is 9.18 Å². The van der Waals surface area contributed by atoms with E-state index >= 15 is 0 Å². The molecule has 0 spiro atoms. The summed E-state index contributed by atoms with van der Waals surface area (Å²) in [7, 11) is 0. The zero-order chi connectivity index (χ0) is 12.3. The first kappa shape index (κ1) is 12.9. The Hall–Kier alpha value is -1.15. The lowest BCUT2D eigenvalue weighted by Gasteiger charge is -2.28. The second kappa shape index (κ2) is 4.79. The standard InChI is InChI=1S/C11H16FNO3/c1-4-11(6-12)7(2)10(15-8(3)14)9(5-13)16-11/h7,9-10H,4,6H2,1-3H3/t7-,9?,10+,11-/m0/s1. The Morgan fingerprint density at radius 1 is 1.69 bits per heavy atom. The molecular formula is C11H16FNO3. The average Bonchev–Trinajstić information content (AvgIpc) is 2.53. The van der Waals surface area contributed by atoms with Gasteiger partial charge in [-0.05, 0) is 6.42 Å². The predicted molar refractivity (Wildman–Crippen MR) is 54.2 cm³/mol. The van der Waals surface area contributed by atoms with Crippen molar-refractivity contribution >= 4 is 5.97 Å². The lowest BCUT2D eigenvalue weighted by molar-refractivity contribution is -0.149. The van der Waals surface area contributed by atoms with Crippen molar-refractivity contribution in [2.45, 2.75) is 45.0 Å². The number of nitrogens with zero attached hydrogens (tertiary/aromatic N) is 1. The van der Waals surface area contributed by atoms with Gasteiger partial charge in [0, 0.05) is 12.8 Å². The molecule has 0 aliphatic carbocycles. The molecule has 0 aromatic rings. The van der Waals surface area contributed by atoms with Gasteiger partial charge in [-0.3, -0.25) is 4.79 Å². The highest BCUT2D eigenvalue weighted by Gasteiger charge is 2.53. The molecule has 4 atom stereocenters. The molecule has 5 heteroatoms. The molecule has 0 aromatic carbocycles. The summed E-state index contributed by atoms with van der Waals surface area (Å²) in [6.07, 6.45) is -1.12. The average molecular weight is 229 g/mol. The van der Waals surface area contributed by atoms with E-state index in [0.717, 1.165) is 0 Å². The topological polar surface area (TPSA) is 59.3 Å². The summed E-state index contributed by atoms with van der Waals surface area (Å²) in [5.41, 5.74) is -0.999. The number of esters is 1. The Morgan fingerprint density at radius 3 is 2.69 bits per heavy atom. The molecule has 4 nitrogen and oxygen atoms in total. The first-order valence-corrected chi connectivity index (χ1v) is 5.31. The van der Waals surface area contributed by atoms with Crippen molar-refractivity contribution in [2.24, 2.45) is 5.92 Å². The van der Waals surface area contributed by atoms with Gasteiger partial charge >= 0.3 is 5.97 Å². The molecule has 1 rings (SSSR count). The number of hydrogen-bond acceptors (Lipinski definition) is 4. The largest absolute Gasteiger partial charge is 0.458 e. The van der Waals surface area contributed by atoms with Gasteiger partial charge in [0.15, 0.2) is 6.10 Å². The highest BCUT2D eigenvalue weighted by molar-refractivity contribution is 5.66. The second-order valence-corrected chi connectivity index (χ2v) is 4.08. The highest BCUT2D eigenvalue weighted by Crippen LogP contribution is 2.40. The molecule has 0 saturated carbocycles. The van der Waals surface area contributed by atoms with E-state index < -0.39 is 30.5 Å². The van der Waals surface area contributed by atoms with E-state index in [-0.39, 0.29) is 5.92 Å². The predicted octanol–water partition coefficient (Wildman–Crippen LogP) is 1.59. The van der Waals surface area contributed by atoms with Crippen LogP contribution in [0.3, 0.4) is 0 Å². The SMILES string of the molecule is CC[C@@]1(CF)OC(C#N)[C@H](OC(C)=O)[C@@H]1C. The number of alkyl halides is 1. The van der Waals surface area contributed by atoms with Crippen LogP contribution in [0.4, 0.5) is 4.39 Å². The Bertz CT molecular complexity index is 309. The molecule has 90 valence electrons. The zero-order valence-corrected chi connectivity index (χ0v) is 9.70. The zero-order valence-electron chi connectivity index (χ0n) is 9.70. The number of carbonyl (C=O) groups excluding carboxylic acids is 1. The number of ether oxygens (including phenoxy) is 2. The van der Waals surface area contributed by atoms with Gasteiger partial charge in [-0.1, -0.05) is 13.8 Å². The Morgan fingerprint density at radius 2 is 2.31 bits per heavy atom. The van der Waals surface area contributed by atoms with Crippen molar-refractivity contribution in [3.8, 4) is 6.07 Å². The minimum atomic E-state index is -0.999. The first-order chi connectivity index (χ1) is 7.50. The molecule has 1 aliphatic rings. The summed E-state index contributed by atoms with van der Waals surface area (Å²) in [6, 6.07) is 1.91. The maximum Gasteiger partial charge on any atom is 0.303 e. The summed E-state index contributed by atoms with van der Waals surface area (Å²) in [6.45, 7) is 4.12. The minimum absolute atomic E-state index is 0.323. The number of rotatable bonds is 3. The number of nitriles is 1. The van der Waals surface area contributed by atoms with Gasteiger partial charge in [-0.2, -0.15) is 5.26 Å². The smallest absolute Gasteiger partial charge is 0.303 e. The lowest BCUT2D eigenvalue weighted by Crippen LogP contribution is -2.39. The summed E-state index contributed by atoms with van der Waals surface area (Å²) >= 11 is 0. The summed E-state index contributed by atoms with van der Waals surface area (Å²) in [4.78, 5) is 10.9. The molecule has 1 heterocycles. The maximum atomic E-state index is 13.0. The van der Waals surface area contributed by atoms with Crippen molar-refractivity contribution in [3.05, 3.63) is 0 Å². The van der Waals surface area contributed by atoms with Gasteiger partial charge < -0.3 is 9.47 Å². The molecule has 16 heavy (non-hydrogen) atoms. The quantitative estimate of drug-likeness (QED) is 0.689. The van der Waals surface area contributed by atoms with E-state index in [4.69, 9.17) is 14.7 Å². The molecule has 1 unspecified atom stereocenters. The molecule has 1 saturated heterocycles. The third-order valence-electron chi connectivity index (χ3n) is 3.24. The van der Waals surface area contributed by atoms with Crippen LogP contribution in [-0.4, -0.2) is 30.5 Å². The van der Waals surface area contributed by atoms with E-state index in [1.54, 1.807) is 13.8 Å². The molecule has 1 aliphatic heterocycles. The minimum Gasteiger partial charge on any atom is -0.458 e. The molecule has 0 bridgehead atoms. The summed E-state index contributed by atoms with van der Waals surface area (Å²) in [5, 5.41) is 8.90. The van der Waals surface area contributed by atoms with Gasteiger partial charge in [0.25, 0.3) is 0 Å². The number of carbonyl (C=O) groups is 1. The molecule has 0 radical (unpaired) electrons. The van der Waals surface area contributed by atoms with Gasteiger partial charge in [0.2, 0.25) is 0 Å². The van der Waals surface area contributed by atoms with Gasteiger partial charge in [-0.15, -0.1) is 0 Å². The normalized spacial score (nSPS) is 38.1. The monoisotopic (exact) mass is 229 g/mol. The molecular weight excluding hydrogens is 213 g/mol. The first-order valence-electron chi connectivity index (χ1n) is 5.31. The van der Waals surface area contributed by atoms with Crippen LogP contribution in [0.5, 0.6) is 0 Å². The van der Waals surface area contributed by atoms with Crippen LogP contribution in [-0.2, 0) is 14.3 Å². The maximum absolute atomic E-state index is 13.0. The van der Waals surface area contributed by atoms with E-state index in [0.29, 0.717) is 6.42 Å². The summed E-state index contributed by atoms with van der Waals surface area (Å²) < 4.78 is 23.5. The van der Waals surface area contributed by atoms with Gasteiger partial charge in [0.05, 0.1) is 6.07 Å². The van der Waals surface area contributed by atoms with Gasteiger partial charge in [0.1, 0.15) is 18.4 Å². The fraction of sp³-hybridized carbons (Fsp3) is 0.818. The van der Waals surface area contributed by atoms with E-state index in [2.05, 4.69) is 0 Å².